The van der Waals surface area contributed by atoms with Gasteiger partial charge in [0, 0.05) is 30.2 Å². The molecule has 1 saturated carbocycles. The van der Waals surface area contributed by atoms with Gasteiger partial charge in [0.25, 0.3) is 0 Å². The van der Waals surface area contributed by atoms with Crippen LogP contribution in [0.5, 0.6) is 0 Å². The fraction of sp³-hybridized carbons (Fsp3) is 0.471. The van der Waals surface area contributed by atoms with Crippen LogP contribution >= 0.6 is 0 Å². The van der Waals surface area contributed by atoms with Crippen molar-refractivity contribution < 1.29 is 8.42 Å². The van der Waals surface area contributed by atoms with E-state index in [0.29, 0.717) is 11.4 Å². The lowest BCUT2D eigenvalue weighted by Gasteiger charge is -2.34. The first kappa shape index (κ1) is 16.4. The summed E-state index contributed by atoms with van der Waals surface area (Å²) in [7, 11) is -3.49. The van der Waals surface area contributed by atoms with Crippen LogP contribution < -0.4 is 5.73 Å². The second kappa shape index (κ2) is 6.55. The number of fused-ring (bicyclic) bond motifs is 1. The van der Waals surface area contributed by atoms with Crippen LogP contribution in [0.15, 0.2) is 41.4 Å². The van der Waals surface area contributed by atoms with Crippen LogP contribution in [-0.2, 0) is 10.0 Å². The maximum atomic E-state index is 13.1. The molecule has 3 rings (SSSR count). The van der Waals surface area contributed by atoms with Crippen LogP contribution in [-0.4, -0.2) is 36.3 Å². The third-order valence-corrected chi connectivity index (χ3v) is 6.66. The molecule has 0 unspecified atom stereocenters. The van der Waals surface area contributed by atoms with E-state index in [4.69, 9.17) is 5.73 Å². The van der Waals surface area contributed by atoms with Crippen LogP contribution in [0.3, 0.4) is 0 Å². The second-order valence-electron chi connectivity index (χ2n) is 6.13. The normalized spacial score (nSPS) is 22.6. The van der Waals surface area contributed by atoms with Gasteiger partial charge in [0.1, 0.15) is 0 Å². The predicted octanol–water partition coefficient (Wildman–Crippen LogP) is 2.52. The highest BCUT2D eigenvalue weighted by molar-refractivity contribution is 7.89. The van der Waals surface area contributed by atoms with Gasteiger partial charge in [-0.15, -0.1) is 0 Å². The lowest BCUT2D eigenvalue weighted by atomic mass is 9.92. The summed E-state index contributed by atoms with van der Waals surface area (Å²) in [5, 5.41) is 0.843. The summed E-state index contributed by atoms with van der Waals surface area (Å²) in [5.74, 6) is 0. The summed E-state index contributed by atoms with van der Waals surface area (Å²) in [6.45, 7) is 2.38. The molecule has 2 N–H and O–H groups in total. The first-order valence-corrected chi connectivity index (χ1v) is 9.58. The highest BCUT2D eigenvalue weighted by atomic mass is 32.2. The monoisotopic (exact) mass is 333 g/mol. The topological polar surface area (TPSA) is 76.3 Å². The van der Waals surface area contributed by atoms with E-state index < -0.39 is 10.0 Å². The Morgan fingerprint density at radius 3 is 2.65 bits per heavy atom. The Bertz CT molecular complexity index is 783. The SMILES string of the molecule is CCN(C1CCC(N)CC1)S(=O)(=O)c1ccc2ncccc2c1. The molecule has 0 amide bonds. The van der Waals surface area contributed by atoms with Gasteiger partial charge in [0.2, 0.25) is 10.0 Å². The molecule has 0 saturated heterocycles. The van der Waals surface area contributed by atoms with Crippen molar-refractivity contribution in [3.05, 3.63) is 36.5 Å². The summed E-state index contributed by atoms with van der Waals surface area (Å²) in [6, 6.07) is 9.11. The summed E-state index contributed by atoms with van der Waals surface area (Å²) >= 11 is 0. The van der Waals surface area contributed by atoms with Gasteiger partial charge < -0.3 is 5.73 Å². The van der Waals surface area contributed by atoms with Gasteiger partial charge in [0.05, 0.1) is 10.4 Å². The molecule has 0 atom stereocenters. The summed E-state index contributed by atoms with van der Waals surface area (Å²) in [4.78, 5) is 4.59. The van der Waals surface area contributed by atoms with Crippen molar-refractivity contribution in [1.29, 1.82) is 0 Å². The Morgan fingerprint density at radius 1 is 1.22 bits per heavy atom. The van der Waals surface area contributed by atoms with Crippen molar-refractivity contribution in [1.82, 2.24) is 9.29 Å². The number of aromatic nitrogens is 1. The third-order valence-electron chi connectivity index (χ3n) is 4.64. The zero-order chi connectivity index (χ0) is 16.4. The number of pyridine rings is 1. The third kappa shape index (κ3) is 3.24. The lowest BCUT2D eigenvalue weighted by Crippen LogP contribution is -2.44. The molecular formula is C17H23N3O2S. The Hall–Kier alpha value is -1.50. The maximum absolute atomic E-state index is 13.1. The molecule has 0 radical (unpaired) electrons. The van der Waals surface area contributed by atoms with Crippen molar-refractivity contribution in [2.45, 2.75) is 49.6 Å². The Balaban J connectivity index is 1.94. The summed E-state index contributed by atoms with van der Waals surface area (Å²) in [5.41, 5.74) is 6.75. The van der Waals surface area contributed by atoms with Gasteiger partial charge >= 0.3 is 0 Å². The van der Waals surface area contributed by atoms with E-state index in [0.717, 1.165) is 36.6 Å². The molecular weight excluding hydrogens is 310 g/mol. The van der Waals surface area contributed by atoms with Gasteiger partial charge in [0.15, 0.2) is 0 Å². The predicted molar refractivity (Wildman–Crippen MR) is 91.5 cm³/mol. The average molecular weight is 333 g/mol. The number of hydrogen-bond donors (Lipinski definition) is 1. The Labute approximate surface area is 137 Å². The largest absolute Gasteiger partial charge is 0.328 e. The fourth-order valence-electron chi connectivity index (χ4n) is 3.36. The van der Waals surface area contributed by atoms with Gasteiger partial charge in [-0.3, -0.25) is 4.98 Å². The Morgan fingerprint density at radius 2 is 1.96 bits per heavy atom. The molecule has 5 nitrogen and oxygen atoms in total. The highest BCUT2D eigenvalue weighted by Gasteiger charge is 2.32. The molecule has 1 fully saturated rings. The molecule has 1 aromatic heterocycles. The van der Waals surface area contributed by atoms with E-state index in [1.807, 2.05) is 19.1 Å². The molecule has 1 aromatic carbocycles. The summed E-state index contributed by atoms with van der Waals surface area (Å²) in [6.07, 6.45) is 5.16. The molecule has 0 aliphatic heterocycles. The molecule has 124 valence electrons. The van der Waals surface area contributed by atoms with Crippen LogP contribution in [0.2, 0.25) is 0 Å². The van der Waals surface area contributed by atoms with E-state index in [9.17, 15) is 8.42 Å². The van der Waals surface area contributed by atoms with Gasteiger partial charge in [-0.05, 0) is 49.9 Å². The van der Waals surface area contributed by atoms with Crippen molar-refractivity contribution in [2.75, 3.05) is 6.54 Å². The van der Waals surface area contributed by atoms with Crippen LogP contribution in [0.4, 0.5) is 0 Å². The lowest BCUT2D eigenvalue weighted by molar-refractivity contribution is 0.247. The molecule has 0 bridgehead atoms. The fourth-order valence-corrected chi connectivity index (χ4v) is 5.09. The quantitative estimate of drug-likeness (QED) is 0.933. The minimum atomic E-state index is -3.49. The van der Waals surface area contributed by atoms with E-state index in [2.05, 4.69) is 4.98 Å². The zero-order valence-electron chi connectivity index (χ0n) is 13.4. The Kier molecular flexibility index (Phi) is 4.66. The number of nitrogens with zero attached hydrogens (tertiary/aromatic N) is 2. The average Bonchev–Trinajstić information content (AvgIpc) is 2.56. The molecule has 23 heavy (non-hydrogen) atoms. The standard InChI is InChI=1S/C17H23N3O2S/c1-2-20(15-7-5-14(18)6-8-15)23(21,22)16-9-10-17-13(12-16)4-3-11-19-17/h3-4,9-12,14-15H,2,5-8,18H2,1H3. The molecule has 0 spiro atoms. The number of benzene rings is 1. The van der Waals surface area contributed by atoms with Crippen molar-refractivity contribution in [3.63, 3.8) is 0 Å². The smallest absolute Gasteiger partial charge is 0.243 e. The second-order valence-corrected chi connectivity index (χ2v) is 8.03. The first-order chi connectivity index (χ1) is 11.0. The molecule has 6 heteroatoms. The van der Waals surface area contributed by atoms with Crippen LogP contribution in [0.25, 0.3) is 10.9 Å². The number of hydrogen-bond acceptors (Lipinski definition) is 4. The van der Waals surface area contributed by atoms with Crippen molar-refractivity contribution in [3.8, 4) is 0 Å². The summed E-state index contributed by atoms with van der Waals surface area (Å²) < 4.78 is 27.8. The number of rotatable bonds is 4. The molecule has 2 aromatic rings. The van der Waals surface area contributed by atoms with Crippen molar-refractivity contribution in [2.24, 2.45) is 5.73 Å². The molecule has 1 aliphatic carbocycles. The number of nitrogens with two attached hydrogens (primary N) is 1. The van der Waals surface area contributed by atoms with E-state index in [1.165, 1.54) is 0 Å². The maximum Gasteiger partial charge on any atom is 0.243 e. The minimum absolute atomic E-state index is 0.0504. The number of sulfonamides is 1. The zero-order valence-corrected chi connectivity index (χ0v) is 14.2. The first-order valence-electron chi connectivity index (χ1n) is 8.14. The molecule has 1 heterocycles. The van der Waals surface area contributed by atoms with E-state index >= 15 is 0 Å². The van der Waals surface area contributed by atoms with E-state index in [1.54, 1.807) is 28.7 Å². The van der Waals surface area contributed by atoms with E-state index in [-0.39, 0.29) is 12.1 Å². The van der Waals surface area contributed by atoms with Crippen molar-refractivity contribution >= 4 is 20.9 Å². The van der Waals surface area contributed by atoms with Gasteiger partial charge in [-0.25, -0.2) is 8.42 Å². The van der Waals surface area contributed by atoms with Crippen LogP contribution in [0, 0.1) is 0 Å². The van der Waals surface area contributed by atoms with Gasteiger partial charge in [-0.2, -0.15) is 4.31 Å². The minimum Gasteiger partial charge on any atom is -0.328 e. The van der Waals surface area contributed by atoms with Crippen LogP contribution in [0.1, 0.15) is 32.6 Å². The highest BCUT2D eigenvalue weighted by Crippen LogP contribution is 2.28. The van der Waals surface area contributed by atoms with Gasteiger partial charge in [-0.1, -0.05) is 13.0 Å². The molecule has 1 aliphatic rings.